The van der Waals surface area contributed by atoms with E-state index in [-0.39, 0.29) is 5.91 Å². The lowest BCUT2D eigenvalue weighted by molar-refractivity contribution is -0.116. The van der Waals surface area contributed by atoms with E-state index in [1.54, 1.807) is 18.0 Å². The summed E-state index contributed by atoms with van der Waals surface area (Å²) in [5.74, 6) is 1.08. The monoisotopic (exact) mass is 214 g/mol. The minimum atomic E-state index is 0.0253. The summed E-state index contributed by atoms with van der Waals surface area (Å²) in [7, 11) is 0. The van der Waals surface area contributed by atoms with Crippen molar-refractivity contribution in [2.45, 2.75) is 13.3 Å². The fraction of sp³-hybridized carbons (Fsp3) is 0.167. The Morgan fingerprint density at radius 2 is 2.19 bits per heavy atom. The van der Waals surface area contributed by atoms with Crippen LogP contribution in [0.1, 0.15) is 11.5 Å². The van der Waals surface area contributed by atoms with Gasteiger partial charge in [0.1, 0.15) is 0 Å². The Balaban J connectivity index is 2.12. The molecule has 0 atom stereocenters. The average Bonchev–Trinajstić information content (AvgIpc) is 2.80. The molecular weight excluding hydrogens is 204 g/mol. The zero-order valence-corrected chi connectivity index (χ0v) is 8.80. The van der Waals surface area contributed by atoms with Crippen molar-refractivity contribution < 1.29 is 9.21 Å². The van der Waals surface area contributed by atoms with Gasteiger partial charge in [-0.05, 0) is 11.6 Å². The van der Waals surface area contributed by atoms with Crippen LogP contribution in [0.15, 0.2) is 34.9 Å². The van der Waals surface area contributed by atoms with Crippen LogP contribution in [-0.2, 0) is 11.2 Å². The number of oxazole rings is 1. The van der Waals surface area contributed by atoms with Crippen molar-refractivity contribution in [3.8, 4) is 0 Å². The van der Waals surface area contributed by atoms with Crippen LogP contribution in [0, 0.1) is 6.92 Å². The summed E-state index contributed by atoms with van der Waals surface area (Å²) < 4.78 is 5.39. The molecule has 4 heteroatoms. The van der Waals surface area contributed by atoms with Crippen LogP contribution in [-0.4, -0.2) is 10.9 Å². The molecule has 2 heterocycles. The molecule has 0 radical (unpaired) electrons. The third-order valence-corrected chi connectivity index (χ3v) is 2.65. The minimum absolute atomic E-state index is 0.0253. The smallest absolute Gasteiger partial charge is 0.238 e. The van der Waals surface area contributed by atoms with Gasteiger partial charge in [-0.2, -0.15) is 0 Å². The minimum Gasteiger partial charge on any atom is -0.425 e. The molecule has 1 aliphatic rings. The van der Waals surface area contributed by atoms with Crippen LogP contribution in [0.2, 0.25) is 0 Å². The number of anilines is 2. The van der Waals surface area contributed by atoms with Crippen molar-refractivity contribution >= 4 is 17.5 Å². The average molecular weight is 214 g/mol. The normalized spacial score (nSPS) is 14.3. The Bertz CT molecular complexity index is 560. The zero-order chi connectivity index (χ0) is 11.1. The van der Waals surface area contributed by atoms with E-state index in [0.29, 0.717) is 18.2 Å². The summed E-state index contributed by atoms with van der Waals surface area (Å²) in [5.41, 5.74) is 1.92. The van der Waals surface area contributed by atoms with Gasteiger partial charge in [0.25, 0.3) is 0 Å². The number of hydrogen-bond acceptors (Lipinski definition) is 3. The van der Waals surface area contributed by atoms with Gasteiger partial charge < -0.3 is 4.42 Å². The van der Waals surface area contributed by atoms with Crippen LogP contribution < -0.4 is 4.90 Å². The Kier molecular flexibility index (Phi) is 1.83. The Hall–Kier alpha value is -2.10. The maximum Gasteiger partial charge on any atom is 0.238 e. The van der Waals surface area contributed by atoms with E-state index < -0.39 is 0 Å². The van der Waals surface area contributed by atoms with Crippen molar-refractivity contribution in [3.05, 3.63) is 41.9 Å². The molecule has 3 rings (SSSR count). The number of benzene rings is 1. The van der Waals surface area contributed by atoms with Crippen LogP contribution >= 0.6 is 0 Å². The molecule has 0 fully saturated rings. The van der Waals surface area contributed by atoms with Gasteiger partial charge in [-0.25, -0.2) is 9.88 Å². The standard InChI is InChI=1S/C12H10N2O2/c1-8-13-7-12(16-8)14-10-5-3-2-4-9(10)6-11(14)15/h2-5,7H,6H2,1H3. The second kappa shape index (κ2) is 3.20. The molecule has 4 nitrogen and oxygen atoms in total. The summed E-state index contributed by atoms with van der Waals surface area (Å²) >= 11 is 0. The van der Waals surface area contributed by atoms with Crippen LogP contribution in [0.4, 0.5) is 11.6 Å². The van der Waals surface area contributed by atoms with Crippen molar-refractivity contribution in [2.24, 2.45) is 0 Å². The number of aryl methyl sites for hydroxylation is 1. The number of aromatic nitrogens is 1. The molecular formula is C12H10N2O2. The highest BCUT2D eigenvalue weighted by molar-refractivity contribution is 6.06. The van der Waals surface area contributed by atoms with Crippen LogP contribution in [0.5, 0.6) is 0 Å². The van der Waals surface area contributed by atoms with Crippen molar-refractivity contribution in [2.75, 3.05) is 4.90 Å². The molecule has 1 aromatic heterocycles. The van der Waals surface area contributed by atoms with Crippen molar-refractivity contribution in [1.82, 2.24) is 4.98 Å². The number of amides is 1. The topological polar surface area (TPSA) is 46.3 Å². The Labute approximate surface area is 92.5 Å². The first-order valence-electron chi connectivity index (χ1n) is 5.09. The molecule has 0 unspecified atom stereocenters. The van der Waals surface area contributed by atoms with Gasteiger partial charge in [0.15, 0.2) is 5.89 Å². The number of carbonyl (C=O) groups is 1. The fourth-order valence-electron chi connectivity index (χ4n) is 1.95. The maximum absolute atomic E-state index is 11.9. The molecule has 16 heavy (non-hydrogen) atoms. The number of para-hydroxylation sites is 1. The predicted octanol–water partition coefficient (Wildman–Crippen LogP) is 2.20. The van der Waals surface area contributed by atoms with Gasteiger partial charge in [-0.15, -0.1) is 0 Å². The van der Waals surface area contributed by atoms with Crippen molar-refractivity contribution in [1.29, 1.82) is 0 Å². The van der Waals surface area contributed by atoms with Crippen LogP contribution in [0.25, 0.3) is 0 Å². The first kappa shape index (κ1) is 9.15. The zero-order valence-electron chi connectivity index (χ0n) is 8.80. The summed E-state index contributed by atoms with van der Waals surface area (Å²) in [6, 6.07) is 7.71. The van der Waals surface area contributed by atoms with E-state index in [2.05, 4.69) is 4.98 Å². The lowest BCUT2D eigenvalue weighted by Gasteiger charge is -2.12. The number of carbonyl (C=O) groups excluding carboxylic acids is 1. The summed E-state index contributed by atoms with van der Waals surface area (Å²) in [6.45, 7) is 1.76. The van der Waals surface area contributed by atoms with E-state index in [9.17, 15) is 4.79 Å². The lowest BCUT2D eigenvalue weighted by atomic mass is 10.2. The number of rotatable bonds is 1. The molecule has 1 aromatic carbocycles. The van der Waals surface area contributed by atoms with Gasteiger partial charge in [-0.1, -0.05) is 18.2 Å². The molecule has 1 aliphatic heterocycles. The van der Waals surface area contributed by atoms with E-state index in [1.807, 2.05) is 24.3 Å². The maximum atomic E-state index is 11.9. The van der Waals surface area contributed by atoms with E-state index in [0.717, 1.165) is 11.3 Å². The molecule has 0 saturated carbocycles. The summed E-state index contributed by atoms with van der Waals surface area (Å²) in [6.07, 6.45) is 2.01. The SMILES string of the molecule is Cc1ncc(N2C(=O)Cc3ccccc32)o1. The summed E-state index contributed by atoms with van der Waals surface area (Å²) in [4.78, 5) is 17.5. The fourth-order valence-corrected chi connectivity index (χ4v) is 1.95. The molecule has 0 bridgehead atoms. The van der Waals surface area contributed by atoms with Gasteiger partial charge in [0.2, 0.25) is 11.8 Å². The number of fused-ring (bicyclic) bond motifs is 1. The summed E-state index contributed by atoms with van der Waals surface area (Å²) in [5, 5.41) is 0. The van der Waals surface area contributed by atoms with Crippen molar-refractivity contribution in [3.63, 3.8) is 0 Å². The highest BCUT2D eigenvalue weighted by Crippen LogP contribution is 2.35. The van der Waals surface area contributed by atoms with Gasteiger partial charge in [-0.3, -0.25) is 4.79 Å². The first-order valence-corrected chi connectivity index (χ1v) is 5.09. The highest BCUT2D eigenvalue weighted by Gasteiger charge is 2.30. The van der Waals surface area contributed by atoms with Gasteiger partial charge in [0.05, 0.1) is 18.3 Å². The van der Waals surface area contributed by atoms with Gasteiger partial charge in [0, 0.05) is 6.92 Å². The second-order valence-electron chi connectivity index (χ2n) is 3.75. The quantitative estimate of drug-likeness (QED) is 0.731. The lowest BCUT2D eigenvalue weighted by Crippen LogP contribution is -2.20. The molecule has 80 valence electrons. The van der Waals surface area contributed by atoms with E-state index in [1.165, 1.54) is 0 Å². The van der Waals surface area contributed by atoms with Crippen LogP contribution in [0.3, 0.4) is 0 Å². The first-order chi connectivity index (χ1) is 7.75. The molecule has 0 aliphatic carbocycles. The number of nitrogens with zero attached hydrogens (tertiary/aromatic N) is 2. The second-order valence-corrected chi connectivity index (χ2v) is 3.75. The molecule has 2 aromatic rings. The van der Waals surface area contributed by atoms with E-state index >= 15 is 0 Å². The van der Waals surface area contributed by atoms with E-state index in [4.69, 9.17) is 4.42 Å². The third-order valence-electron chi connectivity index (χ3n) is 2.65. The molecule has 0 spiro atoms. The highest BCUT2D eigenvalue weighted by atomic mass is 16.4. The van der Waals surface area contributed by atoms with Gasteiger partial charge >= 0.3 is 0 Å². The largest absolute Gasteiger partial charge is 0.425 e. The number of hydrogen-bond donors (Lipinski definition) is 0. The molecule has 0 saturated heterocycles. The third kappa shape index (κ3) is 1.23. The Morgan fingerprint density at radius 1 is 1.38 bits per heavy atom. The Morgan fingerprint density at radius 3 is 2.94 bits per heavy atom. The predicted molar refractivity (Wildman–Crippen MR) is 58.5 cm³/mol. The molecule has 0 N–H and O–H groups in total. The molecule has 1 amide bonds.